The molecular formula is C16H30ClNO3S. The van der Waals surface area contributed by atoms with Crippen LogP contribution in [0.5, 0.6) is 0 Å². The average Bonchev–Trinajstić information content (AvgIpc) is 2.46. The van der Waals surface area contributed by atoms with Crippen molar-refractivity contribution in [3.63, 3.8) is 0 Å². The van der Waals surface area contributed by atoms with Crippen molar-refractivity contribution in [2.75, 3.05) is 19.3 Å². The summed E-state index contributed by atoms with van der Waals surface area (Å²) in [6, 6.07) is 0. The van der Waals surface area contributed by atoms with Gasteiger partial charge in [-0.05, 0) is 18.9 Å². The minimum atomic E-state index is -3.31. The Morgan fingerprint density at radius 1 is 0.955 bits per heavy atom. The lowest BCUT2D eigenvalue weighted by molar-refractivity contribution is -0.124. The van der Waals surface area contributed by atoms with Gasteiger partial charge in [0.1, 0.15) is 0 Å². The monoisotopic (exact) mass is 351 g/mol. The van der Waals surface area contributed by atoms with Crippen LogP contribution in [-0.4, -0.2) is 38.6 Å². The second-order valence-electron chi connectivity index (χ2n) is 5.74. The Kier molecular flexibility index (Phi) is 12.6. The maximum atomic E-state index is 11.2. The molecule has 0 saturated carbocycles. The first kappa shape index (κ1) is 21.4. The molecule has 22 heavy (non-hydrogen) atoms. The van der Waals surface area contributed by atoms with Gasteiger partial charge in [0.2, 0.25) is 15.0 Å². The maximum absolute atomic E-state index is 11.2. The summed E-state index contributed by atoms with van der Waals surface area (Å²) >= 11 is 0. The second-order valence-corrected chi connectivity index (χ2v) is 8.64. The first-order chi connectivity index (χ1) is 10.4. The Hall–Kier alpha value is -0.550. The van der Waals surface area contributed by atoms with Gasteiger partial charge in [-0.2, -0.15) is 0 Å². The minimum Gasteiger partial charge on any atom is -0.342 e. The highest BCUT2D eigenvalue weighted by Gasteiger charge is 2.04. The molecule has 0 radical (unpaired) electrons. The SMILES string of the molecule is C=CC(=O)N(C)CCCCCCCCCCCCS(=O)(=O)Cl. The van der Waals surface area contributed by atoms with Crippen LogP contribution in [0.1, 0.15) is 64.2 Å². The first-order valence-corrected chi connectivity index (χ1v) is 10.6. The van der Waals surface area contributed by atoms with Gasteiger partial charge in [0.25, 0.3) is 0 Å². The van der Waals surface area contributed by atoms with Gasteiger partial charge in [-0.3, -0.25) is 4.79 Å². The fraction of sp³-hybridized carbons (Fsp3) is 0.812. The van der Waals surface area contributed by atoms with Crippen LogP contribution in [0.3, 0.4) is 0 Å². The zero-order chi connectivity index (χ0) is 16.8. The number of halogens is 1. The summed E-state index contributed by atoms with van der Waals surface area (Å²) in [5, 5.41) is 0. The number of hydrogen-bond donors (Lipinski definition) is 0. The van der Waals surface area contributed by atoms with Crippen LogP contribution in [0, 0.1) is 0 Å². The van der Waals surface area contributed by atoms with E-state index in [4.69, 9.17) is 10.7 Å². The number of rotatable bonds is 14. The van der Waals surface area contributed by atoms with Crippen molar-refractivity contribution in [1.29, 1.82) is 0 Å². The summed E-state index contributed by atoms with van der Waals surface area (Å²) in [4.78, 5) is 12.9. The highest BCUT2D eigenvalue weighted by atomic mass is 35.7. The fourth-order valence-corrected chi connectivity index (χ4v) is 3.18. The zero-order valence-electron chi connectivity index (χ0n) is 13.7. The van der Waals surface area contributed by atoms with Crippen molar-refractivity contribution in [2.24, 2.45) is 0 Å². The third-order valence-corrected chi connectivity index (χ3v) is 4.92. The van der Waals surface area contributed by atoms with Gasteiger partial charge in [0, 0.05) is 24.3 Å². The van der Waals surface area contributed by atoms with Gasteiger partial charge in [0.05, 0.1) is 5.75 Å². The molecule has 4 nitrogen and oxygen atoms in total. The van der Waals surface area contributed by atoms with Crippen molar-refractivity contribution >= 4 is 25.6 Å². The van der Waals surface area contributed by atoms with E-state index in [0.717, 1.165) is 32.2 Å². The molecule has 0 fully saturated rings. The number of hydrogen-bond acceptors (Lipinski definition) is 3. The average molecular weight is 352 g/mol. The lowest BCUT2D eigenvalue weighted by Gasteiger charge is -2.14. The molecule has 0 aliphatic rings. The van der Waals surface area contributed by atoms with E-state index < -0.39 is 9.05 Å². The molecule has 0 aromatic heterocycles. The molecule has 0 heterocycles. The molecule has 0 unspecified atom stereocenters. The third kappa shape index (κ3) is 14.4. The van der Waals surface area contributed by atoms with Crippen LogP contribution in [0.4, 0.5) is 0 Å². The van der Waals surface area contributed by atoms with Gasteiger partial charge in [-0.15, -0.1) is 0 Å². The van der Waals surface area contributed by atoms with Crippen LogP contribution in [-0.2, 0) is 13.8 Å². The predicted molar refractivity (Wildman–Crippen MR) is 93.6 cm³/mol. The number of amides is 1. The number of likely N-dealkylation sites (N-methyl/N-ethyl adjacent to an activating group) is 1. The number of nitrogens with zero attached hydrogens (tertiary/aromatic N) is 1. The number of carbonyl (C=O) groups excluding carboxylic acids is 1. The second kappa shape index (κ2) is 12.9. The molecule has 6 heteroatoms. The lowest BCUT2D eigenvalue weighted by Crippen LogP contribution is -2.25. The van der Waals surface area contributed by atoms with E-state index in [-0.39, 0.29) is 11.7 Å². The van der Waals surface area contributed by atoms with Crippen molar-refractivity contribution in [1.82, 2.24) is 4.90 Å². The highest BCUT2D eigenvalue weighted by molar-refractivity contribution is 8.13. The first-order valence-electron chi connectivity index (χ1n) is 8.16. The van der Waals surface area contributed by atoms with E-state index in [1.807, 2.05) is 0 Å². The quantitative estimate of drug-likeness (QED) is 0.269. The van der Waals surface area contributed by atoms with Gasteiger partial charge >= 0.3 is 0 Å². The van der Waals surface area contributed by atoms with E-state index in [2.05, 4.69) is 6.58 Å². The largest absolute Gasteiger partial charge is 0.342 e. The van der Waals surface area contributed by atoms with Crippen LogP contribution < -0.4 is 0 Å². The predicted octanol–water partition coefficient (Wildman–Crippen LogP) is 4.10. The highest BCUT2D eigenvalue weighted by Crippen LogP contribution is 2.12. The molecule has 130 valence electrons. The van der Waals surface area contributed by atoms with Crippen molar-refractivity contribution in [2.45, 2.75) is 64.2 Å². The standard InChI is InChI=1S/C16H30ClNO3S/c1-3-16(19)18(2)14-12-10-8-6-4-5-7-9-11-13-15-22(17,20)21/h3H,1,4-15H2,2H3. The lowest BCUT2D eigenvalue weighted by atomic mass is 10.1. The Labute approximate surface area is 140 Å². The molecule has 0 saturated heterocycles. The summed E-state index contributed by atoms with van der Waals surface area (Å²) in [7, 11) is 3.65. The van der Waals surface area contributed by atoms with E-state index in [0.29, 0.717) is 6.42 Å². The van der Waals surface area contributed by atoms with E-state index in [1.165, 1.54) is 38.2 Å². The summed E-state index contributed by atoms with van der Waals surface area (Å²) in [6.07, 6.45) is 12.3. The Bertz CT molecular complexity index is 410. The van der Waals surface area contributed by atoms with Crippen LogP contribution >= 0.6 is 10.7 Å². The van der Waals surface area contributed by atoms with E-state index in [9.17, 15) is 13.2 Å². The maximum Gasteiger partial charge on any atom is 0.245 e. The normalized spacial score (nSPS) is 11.4. The molecule has 0 spiro atoms. The Morgan fingerprint density at radius 3 is 1.77 bits per heavy atom. The topological polar surface area (TPSA) is 54.5 Å². The third-order valence-electron chi connectivity index (χ3n) is 3.68. The molecule has 0 N–H and O–H groups in total. The van der Waals surface area contributed by atoms with Crippen molar-refractivity contribution in [3.8, 4) is 0 Å². The molecule has 0 aromatic rings. The van der Waals surface area contributed by atoms with Gasteiger partial charge in [-0.1, -0.05) is 57.9 Å². The van der Waals surface area contributed by atoms with Gasteiger partial charge in [0.15, 0.2) is 0 Å². The molecule has 0 aromatic carbocycles. The Morgan fingerprint density at radius 2 is 1.36 bits per heavy atom. The molecule has 0 aliphatic carbocycles. The van der Waals surface area contributed by atoms with E-state index in [1.54, 1.807) is 11.9 Å². The molecule has 0 atom stereocenters. The number of unbranched alkanes of at least 4 members (excludes halogenated alkanes) is 9. The Balaban J connectivity index is 3.24. The summed E-state index contributed by atoms with van der Waals surface area (Å²) in [6.45, 7) is 4.27. The zero-order valence-corrected chi connectivity index (χ0v) is 15.3. The molecule has 1 amide bonds. The molecular weight excluding hydrogens is 322 g/mol. The van der Waals surface area contributed by atoms with Crippen LogP contribution in [0.15, 0.2) is 12.7 Å². The van der Waals surface area contributed by atoms with Crippen molar-refractivity contribution < 1.29 is 13.2 Å². The fourth-order valence-electron chi connectivity index (χ4n) is 2.30. The van der Waals surface area contributed by atoms with Crippen molar-refractivity contribution in [3.05, 3.63) is 12.7 Å². The van der Waals surface area contributed by atoms with Gasteiger partial charge in [-0.25, -0.2) is 8.42 Å². The molecule has 0 bridgehead atoms. The van der Waals surface area contributed by atoms with Crippen LogP contribution in [0.25, 0.3) is 0 Å². The number of carbonyl (C=O) groups is 1. The summed E-state index contributed by atoms with van der Waals surface area (Å²) < 4.78 is 21.5. The molecule has 0 aliphatic heterocycles. The minimum absolute atomic E-state index is 0.0121. The van der Waals surface area contributed by atoms with Crippen LogP contribution in [0.2, 0.25) is 0 Å². The summed E-state index contributed by atoms with van der Waals surface area (Å²) in [5.74, 6) is 0.0825. The summed E-state index contributed by atoms with van der Waals surface area (Å²) in [5.41, 5.74) is 0. The smallest absolute Gasteiger partial charge is 0.245 e. The molecule has 0 rings (SSSR count). The van der Waals surface area contributed by atoms with Gasteiger partial charge < -0.3 is 4.90 Å². The van der Waals surface area contributed by atoms with E-state index >= 15 is 0 Å².